The Kier molecular flexibility index (Phi) is 6.01. The molecule has 3 N–H and O–H groups in total. The number of benzene rings is 3. The van der Waals surface area contributed by atoms with Crippen molar-refractivity contribution in [3.8, 4) is 6.07 Å². The van der Waals surface area contributed by atoms with Crippen LogP contribution in [0.1, 0.15) is 16.1 Å². The van der Waals surface area contributed by atoms with E-state index in [-0.39, 0.29) is 5.91 Å². The van der Waals surface area contributed by atoms with Crippen molar-refractivity contribution in [2.45, 2.75) is 0 Å². The third kappa shape index (κ3) is 5.07. The van der Waals surface area contributed by atoms with Crippen molar-refractivity contribution >= 4 is 45.1 Å². The number of hydrogen-bond acceptors (Lipinski definition) is 6. The van der Waals surface area contributed by atoms with Gasteiger partial charge in [0.25, 0.3) is 5.91 Å². The second-order valence-electron chi connectivity index (χ2n) is 7.81. The molecule has 0 unspecified atom stereocenters. The van der Waals surface area contributed by atoms with Crippen molar-refractivity contribution in [2.75, 3.05) is 16.0 Å². The zero-order chi connectivity index (χ0) is 24.0. The lowest BCUT2D eigenvalue weighted by molar-refractivity contribution is 0.102. The SMILES string of the molecule is N#Cc1cc2c(Nc3cccc(C(=O)Nc4cccc(Nc5ccncc5)c4)c3)cccc2cn1. The number of carbonyl (C=O) groups excluding carboxylic acids is 1. The molecular weight excluding hydrogens is 436 g/mol. The molecule has 0 aliphatic rings. The average molecular weight is 457 g/mol. The second-order valence-corrected chi connectivity index (χ2v) is 7.81. The Morgan fingerprint density at radius 3 is 2.34 bits per heavy atom. The Morgan fingerprint density at radius 1 is 0.771 bits per heavy atom. The van der Waals surface area contributed by atoms with Crippen LogP contribution in [-0.2, 0) is 0 Å². The molecular formula is C28H20N6O. The summed E-state index contributed by atoms with van der Waals surface area (Å²) in [7, 11) is 0. The van der Waals surface area contributed by atoms with Gasteiger partial charge in [-0.1, -0.05) is 24.3 Å². The van der Waals surface area contributed by atoms with Gasteiger partial charge in [0.15, 0.2) is 0 Å². The van der Waals surface area contributed by atoms with E-state index in [1.54, 1.807) is 36.8 Å². The van der Waals surface area contributed by atoms with Gasteiger partial charge in [-0.3, -0.25) is 9.78 Å². The monoisotopic (exact) mass is 456 g/mol. The first-order valence-corrected chi connectivity index (χ1v) is 10.9. The van der Waals surface area contributed by atoms with Crippen LogP contribution in [0.5, 0.6) is 0 Å². The van der Waals surface area contributed by atoms with Gasteiger partial charge in [0.05, 0.1) is 0 Å². The number of fused-ring (bicyclic) bond motifs is 1. The minimum atomic E-state index is -0.219. The van der Waals surface area contributed by atoms with Gasteiger partial charge in [-0.25, -0.2) is 4.98 Å². The fourth-order valence-electron chi connectivity index (χ4n) is 3.71. The molecule has 5 rings (SSSR count). The van der Waals surface area contributed by atoms with Crippen LogP contribution in [0.15, 0.2) is 104 Å². The maximum absolute atomic E-state index is 13.0. The summed E-state index contributed by atoms with van der Waals surface area (Å²) in [6.45, 7) is 0. The standard InChI is InChI=1S/C28H20N6O/c29-17-25-16-26-20(18-31-25)5-2-9-27(26)33-22-6-1-4-19(14-22)28(35)34-24-8-3-7-23(15-24)32-21-10-12-30-13-11-21/h1-16,18,33H,(H,30,32)(H,34,35). The van der Waals surface area contributed by atoms with Gasteiger partial charge in [0, 0.05) is 63.4 Å². The van der Waals surface area contributed by atoms with Crippen LogP contribution in [0.25, 0.3) is 10.8 Å². The van der Waals surface area contributed by atoms with Gasteiger partial charge in [-0.05, 0) is 60.7 Å². The molecule has 0 fully saturated rings. The molecule has 0 radical (unpaired) electrons. The lowest BCUT2D eigenvalue weighted by atomic mass is 10.1. The normalized spacial score (nSPS) is 10.4. The third-order valence-corrected chi connectivity index (χ3v) is 5.37. The molecule has 0 saturated heterocycles. The highest BCUT2D eigenvalue weighted by molar-refractivity contribution is 6.05. The zero-order valence-electron chi connectivity index (χ0n) is 18.6. The first-order valence-electron chi connectivity index (χ1n) is 10.9. The van der Waals surface area contributed by atoms with Gasteiger partial charge < -0.3 is 16.0 Å². The summed E-state index contributed by atoms with van der Waals surface area (Å²) in [5.74, 6) is -0.219. The molecule has 7 nitrogen and oxygen atoms in total. The minimum absolute atomic E-state index is 0.219. The molecule has 3 aromatic carbocycles. The van der Waals surface area contributed by atoms with Crippen LogP contribution in [0.2, 0.25) is 0 Å². The lowest BCUT2D eigenvalue weighted by Crippen LogP contribution is -2.12. The van der Waals surface area contributed by atoms with Gasteiger partial charge in [0.2, 0.25) is 0 Å². The van der Waals surface area contributed by atoms with Crippen molar-refractivity contribution in [3.63, 3.8) is 0 Å². The van der Waals surface area contributed by atoms with Crippen LogP contribution in [0.4, 0.5) is 28.4 Å². The molecule has 168 valence electrons. The summed E-state index contributed by atoms with van der Waals surface area (Å²) in [5, 5.41) is 20.6. The molecule has 35 heavy (non-hydrogen) atoms. The van der Waals surface area contributed by atoms with E-state index in [4.69, 9.17) is 0 Å². The summed E-state index contributed by atoms with van der Waals surface area (Å²) in [6.07, 6.45) is 5.11. The van der Waals surface area contributed by atoms with Gasteiger partial charge >= 0.3 is 0 Å². The van der Waals surface area contributed by atoms with Crippen LogP contribution >= 0.6 is 0 Å². The van der Waals surface area contributed by atoms with Crippen LogP contribution in [0.3, 0.4) is 0 Å². The molecule has 0 bridgehead atoms. The summed E-state index contributed by atoms with van der Waals surface area (Å²) in [4.78, 5) is 21.1. The molecule has 2 heterocycles. The number of rotatable bonds is 6. The van der Waals surface area contributed by atoms with Crippen LogP contribution < -0.4 is 16.0 Å². The Morgan fingerprint density at radius 2 is 1.51 bits per heavy atom. The van der Waals surface area contributed by atoms with Gasteiger partial charge in [-0.2, -0.15) is 5.26 Å². The maximum Gasteiger partial charge on any atom is 0.255 e. The predicted octanol–water partition coefficient (Wildman–Crippen LogP) is 6.24. The van der Waals surface area contributed by atoms with E-state index in [1.807, 2.05) is 66.7 Å². The Bertz CT molecular complexity index is 1560. The number of anilines is 5. The molecule has 5 aromatic rings. The van der Waals surface area contributed by atoms with Crippen molar-refractivity contribution in [3.05, 3.63) is 115 Å². The molecule has 0 aliphatic carbocycles. The second kappa shape index (κ2) is 9.73. The highest BCUT2D eigenvalue weighted by atomic mass is 16.1. The molecule has 0 aliphatic heterocycles. The van der Waals surface area contributed by atoms with Crippen molar-refractivity contribution in [1.82, 2.24) is 9.97 Å². The lowest BCUT2D eigenvalue weighted by Gasteiger charge is -2.12. The van der Waals surface area contributed by atoms with E-state index >= 15 is 0 Å². The summed E-state index contributed by atoms with van der Waals surface area (Å²) in [6, 6.07) is 28.2. The first kappa shape index (κ1) is 21.6. The quantitative estimate of drug-likeness (QED) is 0.279. The minimum Gasteiger partial charge on any atom is -0.355 e. The maximum atomic E-state index is 13.0. The van der Waals surface area contributed by atoms with Crippen LogP contribution in [0, 0.1) is 11.3 Å². The number of amides is 1. The van der Waals surface area contributed by atoms with Crippen molar-refractivity contribution < 1.29 is 4.79 Å². The molecule has 1 amide bonds. The smallest absolute Gasteiger partial charge is 0.255 e. The highest BCUT2D eigenvalue weighted by Crippen LogP contribution is 2.27. The van der Waals surface area contributed by atoms with E-state index in [0.29, 0.717) is 16.9 Å². The summed E-state index contributed by atoms with van der Waals surface area (Å²) in [5.41, 5.74) is 4.89. The van der Waals surface area contributed by atoms with Gasteiger partial charge in [0.1, 0.15) is 11.8 Å². The number of aromatic nitrogens is 2. The van der Waals surface area contributed by atoms with E-state index in [1.165, 1.54) is 0 Å². The topological polar surface area (TPSA) is 103 Å². The van der Waals surface area contributed by atoms with E-state index < -0.39 is 0 Å². The number of nitrogens with one attached hydrogen (secondary N) is 3. The molecule has 0 atom stereocenters. The summed E-state index contributed by atoms with van der Waals surface area (Å²) < 4.78 is 0. The van der Waals surface area contributed by atoms with Crippen molar-refractivity contribution in [1.29, 1.82) is 5.26 Å². The van der Waals surface area contributed by atoms with E-state index in [9.17, 15) is 10.1 Å². The van der Waals surface area contributed by atoms with Gasteiger partial charge in [-0.15, -0.1) is 0 Å². The Labute approximate surface area is 202 Å². The highest BCUT2D eigenvalue weighted by Gasteiger charge is 2.09. The third-order valence-electron chi connectivity index (χ3n) is 5.37. The molecule has 2 aromatic heterocycles. The van der Waals surface area contributed by atoms with Crippen molar-refractivity contribution in [2.24, 2.45) is 0 Å². The fraction of sp³-hybridized carbons (Fsp3) is 0. The Balaban J connectivity index is 1.33. The first-order chi connectivity index (χ1) is 17.2. The van der Waals surface area contributed by atoms with E-state index in [2.05, 4.69) is 32.0 Å². The number of carbonyl (C=O) groups is 1. The zero-order valence-corrected chi connectivity index (χ0v) is 18.6. The number of pyridine rings is 2. The fourth-order valence-corrected chi connectivity index (χ4v) is 3.71. The van der Waals surface area contributed by atoms with Crippen LogP contribution in [-0.4, -0.2) is 15.9 Å². The predicted molar refractivity (Wildman–Crippen MR) is 138 cm³/mol. The number of nitrogens with zero attached hydrogens (tertiary/aromatic N) is 3. The number of nitriles is 1. The summed E-state index contributed by atoms with van der Waals surface area (Å²) >= 11 is 0. The molecule has 0 saturated carbocycles. The molecule has 0 spiro atoms. The Hall–Kier alpha value is -5.22. The van der Waals surface area contributed by atoms with E-state index in [0.717, 1.165) is 33.5 Å². The molecule has 7 heteroatoms. The number of hydrogen-bond donors (Lipinski definition) is 3. The largest absolute Gasteiger partial charge is 0.355 e. The average Bonchev–Trinajstić information content (AvgIpc) is 2.89.